The lowest BCUT2D eigenvalue weighted by Gasteiger charge is -2.33. The number of hydrogen-bond donors (Lipinski definition) is 0. The Labute approximate surface area is 158 Å². The molecule has 1 amide bonds. The molecule has 0 aliphatic carbocycles. The van der Waals surface area contributed by atoms with Gasteiger partial charge in [0.25, 0.3) is 0 Å². The Bertz CT molecular complexity index is 763. The van der Waals surface area contributed by atoms with E-state index in [4.69, 9.17) is 16.3 Å². The summed E-state index contributed by atoms with van der Waals surface area (Å²) < 4.78 is 5.97. The Kier molecular flexibility index (Phi) is 6.29. The minimum absolute atomic E-state index is 0.00521. The number of para-hydroxylation sites is 1. The zero-order valence-electron chi connectivity index (χ0n) is 14.6. The molecule has 1 saturated heterocycles. The van der Waals surface area contributed by atoms with E-state index >= 15 is 0 Å². The molecule has 1 fully saturated rings. The molecule has 4 nitrogen and oxygen atoms in total. The smallest absolute Gasteiger partial charge is 0.223 e. The number of Topliss-reactive ketones (excluding diaryl/α,β-unsaturated/α-hetero) is 1. The van der Waals surface area contributed by atoms with Gasteiger partial charge in [-0.15, -0.1) is 0 Å². The molecule has 0 spiro atoms. The van der Waals surface area contributed by atoms with Gasteiger partial charge < -0.3 is 9.64 Å². The fourth-order valence-electron chi connectivity index (χ4n) is 3.15. The van der Waals surface area contributed by atoms with Crippen LogP contribution in [0.1, 0.15) is 36.0 Å². The average molecular weight is 372 g/mol. The molecule has 1 heterocycles. The molecule has 5 heteroatoms. The van der Waals surface area contributed by atoms with E-state index < -0.39 is 0 Å². The van der Waals surface area contributed by atoms with Crippen molar-refractivity contribution in [1.82, 2.24) is 4.90 Å². The van der Waals surface area contributed by atoms with Gasteiger partial charge in [-0.1, -0.05) is 41.9 Å². The van der Waals surface area contributed by atoms with Crippen molar-refractivity contribution in [1.29, 1.82) is 0 Å². The largest absolute Gasteiger partial charge is 0.489 e. The standard InChI is InChI=1S/C21H22ClNO3/c22-19-11-5-4-10-18(19)20(24)12-13-21(25)23-14-6-9-17(15-23)26-16-7-2-1-3-8-16/h1-5,7-8,10-11,17H,6,9,12-15H2. The van der Waals surface area contributed by atoms with Crippen LogP contribution in [0, 0.1) is 0 Å². The lowest BCUT2D eigenvalue weighted by molar-refractivity contribution is -0.133. The van der Waals surface area contributed by atoms with E-state index in [-0.39, 0.29) is 30.6 Å². The molecule has 0 N–H and O–H groups in total. The first-order chi connectivity index (χ1) is 12.6. The second kappa shape index (κ2) is 8.86. The number of amides is 1. The van der Waals surface area contributed by atoms with Crippen LogP contribution in [-0.2, 0) is 4.79 Å². The molecule has 2 aromatic carbocycles. The van der Waals surface area contributed by atoms with Gasteiger partial charge in [0.05, 0.1) is 11.6 Å². The van der Waals surface area contributed by atoms with Crippen LogP contribution in [0.25, 0.3) is 0 Å². The first-order valence-corrected chi connectivity index (χ1v) is 9.28. The highest BCUT2D eigenvalue weighted by Gasteiger charge is 2.25. The normalized spacial score (nSPS) is 17.0. The lowest BCUT2D eigenvalue weighted by Crippen LogP contribution is -2.44. The Hall–Kier alpha value is -2.33. The van der Waals surface area contributed by atoms with E-state index in [0.29, 0.717) is 23.7 Å². The maximum atomic E-state index is 12.5. The highest BCUT2D eigenvalue weighted by atomic mass is 35.5. The van der Waals surface area contributed by atoms with Crippen LogP contribution in [-0.4, -0.2) is 35.8 Å². The fourth-order valence-corrected chi connectivity index (χ4v) is 3.39. The van der Waals surface area contributed by atoms with Crippen LogP contribution >= 0.6 is 11.6 Å². The van der Waals surface area contributed by atoms with E-state index in [2.05, 4.69) is 0 Å². The summed E-state index contributed by atoms with van der Waals surface area (Å²) in [6, 6.07) is 16.6. The molecule has 0 bridgehead atoms. The summed E-state index contributed by atoms with van der Waals surface area (Å²) in [5, 5.41) is 0.430. The van der Waals surface area contributed by atoms with Crippen molar-refractivity contribution >= 4 is 23.3 Å². The minimum Gasteiger partial charge on any atom is -0.489 e. The van der Waals surface area contributed by atoms with E-state index in [9.17, 15) is 9.59 Å². The van der Waals surface area contributed by atoms with Gasteiger partial charge in [0, 0.05) is 24.9 Å². The average Bonchev–Trinajstić information content (AvgIpc) is 2.67. The van der Waals surface area contributed by atoms with Crippen LogP contribution in [0.3, 0.4) is 0 Å². The van der Waals surface area contributed by atoms with Crippen molar-refractivity contribution in [3.8, 4) is 5.75 Å². The first-order valence-electron chi connectivity index (χ1n) is 8.90. The number of halogens is 1. The zero-order chi connectivity index (χ0) is 18.4. The molecule has 1 aliphatic rings. The molecule has 26 heavy (non-hydrogen) atoms. The van der Waals surface area contributed by atoms with Crippen molar-refractivity contribution in [3.05, 3.63) is 65.2 Å². The van der Waals surface area contributed by atoms with Gasteiger partial charge in [-0.25, -0.2) is 0 Å². The molecule has 136 valence electrons. The highest BCUT2D eigenvalue weighted by Crippen LogP contribution is 2.20. The van der Waals surface area contributed by atoms with Crippen LogP contribution in [0.4, 0.5) is 0 Å². The number of carbonyl (C=O) groups excluding carboxylic acids is 2. The van der Waals surface area contributed by atoms with E-state index in [1.165, 1.54) is 0 Å². The summed E-state index contributed by atoms with van der Waals surface area (Å²) in [5.74, 6) is 0.713. The van der Waals surface area contributed by atoms with Crippen LogP contribution in [0.15, 0.2) is 54.6 Å². The van der Waals surface area contributed by atoms with Gasteiger partial charge in [-0.05, 0) is 37.1 Å². The Morgan fingerprint density at radius 2 is 1.77 bits per heavy atom. The number of hydrogen-bond acceptors (Lipinski definition) is 3. The highest BCUT2D eigenvalue weighted by molar-refractivity contribution is 6.34. The first kappa shape index (κ1) is 18.5. The molecule has 0 radical (unpaired) electrons. The lowest BCUT2D eigenvalue weighted by atomic mass is 10.0. The molecule has 0 aromatic heterocycles. The monoisotopic (exact) mass is 371 g/mol. The molecule has 3 rings (SSSR count). The van der Waals surface area contributed by atoms with Crippen LogP contribution in [0.5, 0.6) is 5.75 Å². The maximum absolute atomic E-state index is 12.5. The number of nitrogens with zero attached hydrogens (tertiary/aromatic N) is 1. The summed E-state index contributed by atoms with van der Waals surface area (Å²) in [7, 11) is 0. The number of piperidine rings is 1. The van der Waals surface area contributed by atoms with E-state index in [0.717, 1.165) is 18.6 Å². The predicted octanol–water partition coefficient (Wildman–Crippen LogP) is 4.37. The van der Waals surface area contributed by atoms with Gasteiger partial charge in [-0.2, -0.15) is 0 Å². The molecular weight excluding hydrogens is 350 g/mol. The second-order valence-electron chi connectivity index (χ2n) is 6.44. The Morgan fingerprint density at radius 1 is 1.04 bits per heavy atom. The number of benzene rings is 2. The van der Waals surface area contributed by atoms with Gasteiger partial charge in [0.1, 0.15) is 11.9 Å². The summed E-state index contributed by atoms with van der Waals surface area (Å²) >= 11 is 6.05. The van der Waals surface area contributed by atoms with Gasteiger partial charge in [-0.3, -0.25) is 9.59 Å². The third-order valence-corrected chi connectivity index (χ3v) is 4.85. The van der Waals surface area contributed by atoms with Crippen molar-refractivity contribution in [3.63, 3.8) is 0 Å². The molecular formula is C21H22ClNO3. The summed E-state index contributed by atoms with van der Waals surface area (Å²) in [6.45, 7) is 1.28. The van der Waals surface area contributed by atoms with Gasteiger partial charge in [0.15, 0.2) is 5.78 Å². The van der Waals surface area contributed by atoms with Crippen molar-refractivity contribution in [2.75, 3.05) is 13.1 Å². The van der Waals surface area contributed by atoms with Crippen molar-refractivity contribution in [2.24, 2.45) is 0 Å². The molecule has 1 unspecified atom stereocenters. The topological polar surface area (TPSA) is 46.6 Å². The molecule has 1 aliphatic heterocycles. The number of ether oxygens (including phenoxy) is 1. The third kappa shape index (κ3) is 4.85. The third-order valence-electron chi connectivity index (χ3n) is 4.52. The number of likely N-dealkylation sites (tertiary alicyclic amines) is 1. The summed E-state index contributed by atoms with van der Waals surface area (Å²) in [4.78, 5) is 26.6. The Morgan fingerprint density at radius 3 is 2.54 bits per heavy atom. The summed E-state index contributed by atoms with van der Waals surface area (Å²) in [5.41, 5.74) is 0.478. The van der Waals surface area contributed by atoms with Crippen molar-refractivity contribution < 1.29 is 14.3 Å². The second-order valence-corrected chi connectivity index (χ2v) is 6.85. The molecule has 2 aromatic rings. The minimum atomic E-state index is -0.0990. The quantitative estimate of drug-likeness (QED) is 0.708. The van der Waals surface area contributed by atoms with Crippen molar-refractivity contribution in [2.45, 2.75) is 31.8 Å². The maximum Gasteiger partial charge on any atom is 0.223 e. The fraction of sp³-hybridized carbons (Fsp3) is 0.333. The Balaban J connectivity index is 1.51. The number of rotatable bonds is 6. The van der Waals surface area contributed by atoms with Crippen LogP contribution < -0.4 is 4.74 Å². The van der Waals surface area contributed by atoms with Crippen LogP contribution in [0.2, 0.25) is 5.02 Å². The van der Waals surface area contributed by atoms with Gasteiger partial charge in [0.2, 0.25) is 5.91 Å². The zero-order valence-corrected chi connectivity index (χ0v) is 15.3. The SMILES string of the molecule is O=C(CCC(=O)N1CCCC(Oc2ccccc2)C1)c1ccccc1Cl. The molecule has 1 atom stereocenters. The van der Waals surface area contributed by atoms with E-state index in [1.54, 1.807) is 29.2 Å². The van der Waals surface area contributed by atoms with E-state index in [1.807, 2.05) is 30.3 Å². The van der Waals surface area contributed by atoms with Gasteiger partial charge >= 0.3 is 0 Å². The molecule has 0 saturated carbocycles. The number of carbonyl (C=O) groups is 2. The predicted molar refractivity (Wildman–Crippen MR) is 102 cm³/mol. The summed E-state index contributed by atoms with van der Waals surface area (Å²) in [6.07, 6.45) is 2.19. The number of ketones is 1.